The van der Waals surface area contributed by atoms with Gasteiger partial charge in [0.05, 0.1) is 0 Å². The standard InChI is InChI=1S/6C9H19NS2.Mo/c6*1-3-5-6-8(4-2)7-10-9(11)12;/h6*8H,3-7H2,1-2H3,(H2,10,11,12);/q;;;;;;+6/p-6. The number of unbranched alkanes of at least 4 members (excludes halogenated alkanes) is 6. The second kappa shape index (κ2) is 71.4. The van der Waals surface area contributed by atoms with Crippen LogP contribution in [0.15, 0.2) is 0 Å². The molecule has 6 N–H and O–H groups in total. The Kier molecular flexibility index (Phi) is 86.2. The van der Waals surface area contributed by atoms with Gasteiger partial charge in [0.25, 0.3) is 0 Å². The van der Waals surface area contributed by atoms with Crippen molar-refractivity contribution in [3.8, 4) is 0 Å². The van der Waals surface area contributed by atoms with Crippen molar-refractivity contribution < 1.29 is 21.1 Å². The van der Waals surface area contributed by atoms with Crippen LogP contribution in [0.5, 0.6) is 0 Å². The van der Waals surface area contributed by atoms with Crippen LogP contribution in [-0.2, 0) is 96.8 Å². The fraction of sp³-hybridized carbons (Fsp3) is 0.889. The molecule has 0 heterocycles. The maximum absolute atomic E-state index is 4.78. The van der Waals surface area contributed by atoms with Crippen molar-refractivity contribution >= 4 is 175 Å². The molecule has 6 nitrogen and oxygen atoms in total. The molecule has 0 spiro atoms. The first-order valence-corrected chi connectivity index (χ1v) is 32.8. The summed E-state index contributed by atoms with van der Waals surface area (Å²) in [6.07, 6.45) is 30.5. The second-order valence-electron chi connectivity index (χ2n) is 18.5. The molecule has 0 aliphatic rings. The Balaban J connectivity index is -0.000000143. The predicted molar refractivity (Wildman–Crippen MR) is 368 cm³/mol. The summed E-state index contributed by atoms with van der Waals surface area (Å²) >= 11 is 57.3. The minimum absolute atomic E-state index is 0. The van der Waals surface area contributed by atoms with Crippen LogP contribution in [0.4, 0.5) is 0 Å². The van der Waals surface area contributed by atoms with Gasteiger partial charge in [-0.15, -0.1) is 0 Å². The van der Waals surface area contributed by atoms with Gasteiger partial charge in [0.2, 0.25) is 0 Å². The van der Waals surface area contributed by atoms with Gasteiger partial charge >= 0.3 is 21.1 Å². The number of hydrogen-bond donors (Lipinski definition) is 6. The molecule has 0 aromatic rings. The maximum atomic E-state index is 4.78. The van der Waals surface area contributed by atoms with Gasteiger partial charge in [-0.25, -0.2) is 0 Å². The van der Waals surface area contributed by atoms with E-state index in [1.54, 1.807) is 0 Å². The zero-order valence-electron chi connectivity index (χ0n) is 48.0. The third-order valence-corrected chi connectivity index (χ3v) is 14.2. The molecule has 0 aromatic carbocycles. The molecule has 0 radical (unpaired) electrons. The fourth-order valence-electron chi connectivity index (χ4n) is 7.03. The van der Waals surface area contributed by atoms with E-state index in [-0.39, 0.29) is 21.1 Å². The van der Waals surface area contributed by atoms with Crippen LogP contribution in [0.25, 0.3) is 0 Å². The molecule has 0 aliphatic carbocycles. The zero-order chi connectivity index (χ0) is 56.4. The Morgan fingerprint density at radius 3 is 0.438 bits per heavy atom. The van der Waals surface area contributed by atoms with Crippen LogP contribution >= 0.6 is 73.3 Å². The number of rotatable bonds is 36. The molecule has 73 heavy (non-hydrogen) atoms. The van der Waals surface area contributed by atoms with E-state index in [2.05, 4.69) is 115 Å². The average Bonchev–Trinajstić information content (AvgIpc) is 3.35. The SMILES string of the molecule is CCCCC(CC)CNC(=S)[S-].CCCCC(CC)CNC(=S)[S-].CCCCC(CC)CNC(=S)[S-].CCCCC(CC)CNC(=S)[S-].CCCCC(CC)CNC(=S)[S-].CCCCC(CC)CNC(=S)[S-].[Mo+6]. The maximum Gasteiger partial charge on any atom is 6.00 e. The number of thiocarbonyl (C=S) groups is 6. The summed E-state index contributed by atoms with van der Waals surface area (Å²) < 4.78 is 3.03. The van der Waals surface area contributed by atoms with Gasteiger partial charge in [0.1, 0.15) is 0 Å². The molecule has 0 aliphatic heterocycles. The van der Waals surface area contributed by atoms with E-state index >= 15 is 0 Å². The molecule has 0 rings (SSSR count). The van der Waals surface area contributed by atoms with Gasteiger partial charge in [-0.2, -0.15) is 0 Å². The zero-order valence-corrected chi connectivity index (χ0v) is 59.8. The van der Waals surface area contributed by atoms with Crippen LogP contribution in [-0.4, -0.2) is 65.2 Å². The van der Waals surface area contributed by atoms with E-state index in [0.717, 1.165) is 74.8 Å². The molecule has 0 saturated heterocycles. The van der Waals surface area contributed by atoms with Gasteiger partial charge < -0.3 is 181 Å². The smallest absolute Gasteiger partial charge is 0.412 e. The van der Waals surface area contributed by atoms with Gasteiger partial charge in [0.15, 0.2) is 0 Å². The Hall–Kier alpha value is 1.35. The van der Waals surface area contributed by atoms with E-state index in [4.69, 9.17) is 149 Å². The van der Waals surface area contributed by atoms with Crippen LogP contribution < -0.4 is 31.9 Å². The van der Waals surface area contributed by atoms with Gasteiger partial charge in [-0.3, -0.25) is 0 Å². The first-order chi connectivity index (χ1) is 34.2. The summed E-state index contributed by atoms with van der Waals surface area (Å²) in [6, 6.07) is 0. The molecule has 6 unspecified atom stereocenters. The van der Waals surface area contributed by atoms with Crippen LogP contribution in [0, 0.1) is 35.5 Å². The van der Waals surface area contributed by atoms with Crippen LogP contribution in [0.3, 0.4) is 0 Å². The summed E-state index contributed by atoms with van der Waals surface area (Å²) in [4.78, 5) is 0. The molecule has 0 saturated carbocycles. The first kappa shape index (κ1) is 88.2. The topological polar surface area (TPSA) is 72.2 Å². The van der Waals surface area contributed by atoms with E-state index in [1.807, 2.05) is 0 Å². The van der Waals surface area contributed by atoms with Crippen molar-refractivity contribution in [3.63, 3.8) is 0 Å². The molecule has 432 valence electrons. The summed E-state index contributed by atoms with van der Waals surface area (Å²) in [5.41, 5.74) is 0. The van der Waals surface area contributed by atoms with Crippen molar-refractivity contribution in [1.82, 2.24) is 31.9 Å². The van der Waals surface area contributed by atoms with E-state index in [1.165, 1.54) is 154 Å². The third-order valence-electron chi connectivity index (χ3n) is 12.5. The second-order valence-corrected chi connectivity index (χ2v) is 25.0. The molecule has 0 amide bonds. The Morgan fingerprint density at radius 1 is 0.260 bits per heavy atom. The monoisotopic (exact) mass is 1320 g/mol. The Morgan fingerprint density at radius 2 is 0.370 bits per heavy atom. The van der Waals surface area contributed by atoms with Crippen LogP contribution in [0.2, 0.25) is 0 Å². The Labute approximate surface area is 534 Å². The van der Waals surface area contributed by atoms with Crippen molar-refractivity contribution in [3.05, 3.63) is 0 Å². The minimum atomic E-state index is 0. The molecule has 0 bridgehead atoms. The summed E-state index contributed by atoms with van der Waals surface area (Å²) in [5.74, 6) is 4.45. The molecular formula is C54H108MoN6S12. The van der Waals surface area contributed by atoms with E-state index in [9.17, 15) is 0 Å². The molecule has 6 atom stereocenters. The van der Waals surface area contributed by atoms with Gasteiger partial charge in [-0.1, -0.05) is 225 Å². The number of nitrogens with one attached hydrogen (secondary N) is 6. The minimum Gasteiger partial charge on any atom is -0.412 e. The Bertz CT molecular complexity index is 994. The van der Waals surface area contributed by atoms with E-state index in [0.29, 0.717) is 25.9 Å². The predicted octanol–water partition coefficient (Wildman–Crippen LogP) is 15.7. The first-order valence-electron chi connectivity index (χ1n) is 27.9. The molecule has 19 heteroatoms. The van der Waals surface area contributed by atoms with Crippen molar-refractivity contribution in [2.75, 3.05) is 39.3 Å². The summed E-state index contributed by atoms with van der Waals surface area (Å²) in [7, 11) is 0. The van der Waals surface area contributed by atoms with Gasteiger partial charge in [-0.05, 0) is 74.0 Å². The van der Waals surface area contributed by atoms with Crippen molar-refractivity contribution in [1.29, 1.82) is 0 Å². The number of hydrogen-bond acceptors (Lipinski definition) is 12. The van der Waals surface area contributed by atoms with Crippen molar-refractivity contribution in [2.24, 2.45) is 35.5 Å². The third kappa shape index (κ3) is 82.3. The molecule has 0 aromatic heterocycles. The quantitative estimate of drug-likeness (QED) is 0.0205. The van der Waals surface area contributed by atoms with E-state index < -0.39 is 0 Å². The van der Waals surface area contributed by atoms with Crippen LogP contribution in [0.1, 0.15) is 237 Å². The largest absolute Gasteiger partial charge is 6.00 e. The fourth-order valence-corrected chi connectivity index (χ4v) is 8.03. The van der Waals surface area contributed by atoms with Gasteiger partial charge in [0, 0.05) is 39.3 Å². The summed E-state index contributed by atoms with van der Waals surface area (Å²) in [6.45, 7) is 32.4. The average molecular weight is 1320 g/mol. The van der Waals surface area contributed by atoms with Crippen molar-refractivity contribution in [2.45, 2.75) is 237 Å². The molecule has 0 fully saturated rings. The summed E-state index contributed by atoms with van der Waals surface area (Å²) in [5, 5.41) is 18.3. The normalized spacial score (nSPS) is 12.3. The molecular weight excluding hydrogens is 1210 g/mol.